The van der Waals surface area contributed by atoms with Crippen molar-refractivity contribution in [2.75, 3.05) is 7.11 Å². The number of amides is 3. The number of nitrogens with one attached hydrogen (secondary N) is 1. The fourth-order valence-corrected chi connectivity index (χ4v) is 11.8. The lowest BCUT2D eigenvalue weighted by molar-refractivity contribution is -0.153. The van der Waals surface area contributed by atoms with E-state index in [4.69, 9.17) is 4.74 Å². The zero-order valence-corrected chi connectivity index (χ0v) is 26.4. The van der Waals surface area contributed by atoms with Crippen LogP contribution in [0.25, 0.3) is 10.1 Å². The van der Waals surface area contributed by atoms with E-state index in [9.17, 15) is 19.2 Å². The molecule has 44 heavy (non-hydrogen) atoms. The van der Waals surface area contributed by atoms with Crippen molar-refractivity contribution in [1.82, 2.24) is 10.2 Å². The summed E-state index contributed by atoms with van der Waals surface area (Å²) in [6.07, 6.45) is 8.06. The Morgan fingerprint density at radius 1 is 1.07 bits per heavy atom. The maximum atomic E-state index is 13.4. The van der Waals surface area contributed by atoms with Crippen LogP contribution in [-0.4, -0.2) is 41.7 Å². The molecule has 0 spiro atoms. The Bertz CT molecular complexity index is 1680. The van der Waals surface area contributed by atoms with Gasteiger partial charge in [-0.3, -0.25) is 24.5 Å². The Hall–Kier alpha value is -3.17. The normalized spacial score (nSPS) is 29.7. The summed E-state index contributed by atoms with van der Waals surface area (Å²) in [7, 11) is 1.53. The Morgan fingerprint density at radius 3 is 2.52 bits per heavy atom. The van der Waals surface area contributed by atoms with Crippen molar-refractivity contribution in [3.63, 3.8) is 0 Å². The molecule has 2 unspecified atom stereocenters. The molecule has 2 aliphatic heterocycles. The number of piperidine rings is 1. The van der Waals surface area contributed by atoms with Crippen LogP contribution < -0.4 is 5.32 Å². The molecule has 3 aromatic rings. The summed E-state index contributed by atoms with van der Waals surface area (Å²) in [5, 5.41) is 3.54. The lowest BCUT2D eigenvalue weighted by Crippen LogP contribution is -2.52. The Labute approximate surface area is 265 Å². The van der Waals surface area contributed by atoms with Crippen LogP contribution in [0.2, 0.25) is 0 Å². The second-order valence-corrected chi connectivity index (χ2v) is 15.9. The van der Waals surface area contributed by atoms with E-state index in [0.717, 1.165) is 58.8 Å². The molecule has 5 fully saturated rings. The molecular formula is C35H36N2O5S2. The maximum absolute atomic E-state index is 13.4. The highest BCUT2D eigenvalue weighted by Crippen LogP contribution is 2.65. The molecule has 9 heteroatoms. The van der Waals surface area contributed by atoms with E-state index in [-0.39, 0.29) is 41.4 Å². The minimum Gasteiger partial charge on any atom is -0.469 e. The number of ether oxygens (including phenoxy) is 1. The van der Waals surface area contributed by atoms with Crippen LogP contribution >= 0.6 is 23.1 Å². The number of benzene rings is 2. The zero-order valence-electron chi connectivity index (χ0n) is 24.8. The highest BCUT2D eigenvalue weighted by Gasteiger charge is 2.56. The largest absolute Gasteiger partial charge is 0.469 e. The van der Waals surface area contributed by atoms with Gasteiger partial charge in [-0.1, -0.05) is 12.1 Å². The van der Waals surface area contributed by atoms with Crippen LogP contribution in [0.15, 0.2) is 47.4 Å². The fraction of sp³-hybridized carbons (Fsp3) is 0.486. The summed E-state index contributed by atoms with van der Waals surface area (Å²) in [6.45, 7) is 0.374. The minimum atomic E-state index is -0.616. The standard InChI is InChI=1S/C35H36N2O5S2/c1-42-34(41)31(35-14-19-9-20(15-35)11-21(10-19)16-35)22-5-7-28-23(12-22)13-24(44-28)18-43-29-4-2-3-25-26(29)17-37(33(25)40)27-6-8-30(38)36-32(27)39/h2-5,7,12-13,19-21,27,31H,6,8-11,14-18H2,1H3,(H,36,38,39). The number of fused-ring (bicyclic) bond motifs is 2. The fourth-order valence-electron chi connectivity index (χ4n) is 9.60. The van der Waals surface area contributed by atoms with E-state index in [1.807, 2.05) is 18.2 Å². The van der Waals surface area contributed by atoms with E-state index in [1.165, 1.54) is 41.3 Å². The summed E-state index contributed by atoms with van der Waals surface area (Å²) in [5.41, 5.74) is 2.71. The predicted molar refractivity (Wildman–Crippen MR) is 169 cm³/mol. The van der Waals surface area contributed by atoms with Gasteiger partial charge in [0.2, 0.25) is 11.8 Å². The van der Waals surface area contributed by atoms with E-state index in [1.54, 1.807) is 28.0 Å². The number of imide groups is 1. The van der Waals surface area contributed by atoms with Gasteiger partial charge >= 0.3 is 5.97 Å². The molecule has 4 saturated carbocycles. The van der Waals surface area contributed by atoms with Crippen LogP contribution in [0, 0.1) is 23.2 Å². The van der Waals surface area contributed by atoms with Crippen molar-refractivity contribution in [3.8, 4) is 0 Å². The molecule has 7 nitrogen and oxygen atoms in total. The first-order valence-electron chi connectivity index (χ1n) is 15.8. The Balaban J connectivity index is 1.02. The van der Waals surface area contributed by atoms with Gasteiger partial charge in [0, 0.05) is 38.8 Å². The van der Waals surface area contributed by atoms with Crippen LogP contribution in [0.4, 0.5) is 0 Å². The van der Waals surface area contributed by atoms with Gasteiger partial charge in [0.25, 0.3) is 5.91 Å². The van der Waals surface area contributed by atoms with Crippen molar-refractivity contribution in [2.45, 2.75) is 80.5 Å². The van der Waals surface area contributed by atoms with Crippen molar-refractivity contribution in [2.24, 2.45) is 23.2 Å². The zero-order chi connectivity index (χ0) is 30.2. The quantitative estimate of drug-likeness (QED) is 0.184. The topological polar surface area (TPSA) is 92.8 Å². The van der Waals surface area contributed by atoms with Gasteiger partial charge in [-0.05, 0) is 115 Å². The number of nitrogens with zero attached hydrogens (tertiary/aromatic N) is 1. The van der Waals surface area contributed by atoms with Crippen LogP contribution in [0.1, 0.15) is 83.6 Å². The van der Waals surface area contributed by atoms with E-state index in [0.29, 0.717) is 18.5 Å². The monoisotopic (exact) mass is 628 g/mol. The molecule has 3 heterocycles. The first-order valence-corrected chi connectivity index (χ1v) is 17.6. The van der Waals surface area contributed by atoms with Crippen molar-refractivity contribution < 1.29 is 23.9 Å². The Kier molecular flexibility index (Phi) is 6.90. The number of thioether (sulfide) groups is 1. The molecule has 1 saturated heterocycles. The second kappa shape index (κ2) is 10.7. The lowest BCUT2D eigenvalue weighted by Gasteiger charge is -2.59. The molecule has 4 bridgehead atoms. The second-order valence-electron chi connectivity index (χ2n) is 13.7. The molecule has 2 atom stereocenters. The van der Waals surface area contributed by atoms with Gasteiger partial charge in [-0.2, -0.15) is 0 Å². The number of carbonyl (C=O) groups excluding carboxylic acids is 4. The van der Waals surface area contributed by atoms with Gasteiger partial charge in [0.05, 0.1) is 13.0 Å². The summed E-state index contributed by atoms with van der Waals surface area (Å²) < 4.78 is 6.66. The van der Waals surface area contributed by atoms with Gasteiger partial charge in [-0.25, -0.2) is 0 Å². The maximum Gasteiger partial charge on any atom is 0.313 e. The van der Waals surface area contributed by atoms with E-state index >= 15 is 0 Å². The molecule has 2 aromatic carbocycles. The molecule has 1 N–H and O–H groups in total. The first-order chi connectivity index (χ1) is 21.3. The number of hydrogen-bond donors (Lipinski definition) is 1. The van der Waals surface area contributed by atoms with Crippen LogP contribution in [0.5, 0.6) is 0 Å². The highest BCUT2D eigenvalue weighted by atomic mass is 32.2. The van der Waals surface area contributed by atoms with Crippen molar-refractivity contribution in [1.29, 1.82) is 0 Å². The van der Waals surface area contributed by atoms with E-state index < -0.39 is 6.04 Å². The van der Waals surface area contributed by atoms with Gasteiger partial charge < -0.3 is 9.64 Å². The molecular weight excluding hydrogens is 593 g/mol. The lowest BCUT2D eigenvalue weighted by atomic mass is 9.46. The average molecular weight is 629 g/mol. The molecule has 6 aliphatic rings. The smallest absolute Gasteiger partial charge is 0.313 e. The highest BCUT2D eigenvalue weighted by molar-refractivity contribution is 7.98. The predicted octanol–water partition coefficient (Wildman–Crippen LogP) is 6.43. The number of rotatable bonds is 7. The van der Waals surface area contributed by atoms with Crippen molar-refractivity contribution in [3.05, 3.63) is 64.0 Å². The summed E-state index contributed by atoms with van der Waals surface area (Å²) >= 11 is 3.48. The number of thiophene rings is 1. The first kappa shape index (κ1) is 28.3. The molecule has 228 valence electrons. The molecule has 4 aliphatic carbocycles. The molecule has 1 aromatic heterocycles. The number of methoxy groups -OCH3 is 1. The summed E-state index contributed by atoms with van der Waals surface area (Å²) in [5.74, 6) is 1.91. The van der Waals surface area contributed by atoms with Crippen molar-refractivity contribution >= 4 is 56.9 Å². The molecule has 9 rings (SSSR count). The summed E-state index contributed by atoms with van der Waals surface area (Å²) in [4.78, 5) is 54.7. The number of esters is 1. The molecule has 3 amide bonds. The molecule has 0 radical (unpaired) electrons. The SMILES string of the molecule is COC(=O)C(c1ccc2sc(CSc3cccc4c3CN(C3CCC(=O)NC3=O)C4=O)cc2c1)C12CC3CC(CC(C3)C1)C2. The third-order valence-corrected chi connectivity index (χ3v) is 13.4. The Morgan fingerprint density at radius 2 is 1.82 bits per heavy atom. The van der Waals surface area contributed by atoms with Crippen LogP contribution in [0.3, 0.4) is 0 Å². The number of carbonyl (C=O) groups is 4. The average Bonchev–Trinajstić information content (AvgIpc) is 3.55. The van der Waals surface area contributed by atoms with E-state index in [2.05, 4.69) is 29.6 Å². The third kappa shape index (κ3) is 4.69. The van der Waals surface area contributed by atoms with Gasteiger partial charge in [0.15, 0.2) is 0 Å². The van der Waals surface area contributed by atoms with Gasteiger partial charge in [-0.15, -0.1) is 23.1 Å². The van der Waals surface area contributed by atoms with Crippen LogP contribution in [-0.2, 0) is 31.4 Å². The number of hydrogen-bond acceptors (Lipinski definition) is 7. The van der Waals surface area contributed by atoms with Gasteiger partial charge in [0.1, 0.15) is 6.04 Å². The third-order valence-electron chi connectivity index (χ3n) is 11.0. The minimum absolute atomic E-state index is 0.0249. The summed E-state index contributed by atoms with van der Waals surface area (Å²) in [6, 6.07) is 14.0.